The van der Waals surface area contributed by atoms with Crippen LogP contribution in [0.3, 0.4) is 0 Å². The minimum Gasteiger partial charge on any atom is -0.496 e. The molecule has 0 radical (unpaired) electrons. The van der Waals surface area contributed by atoms with Crippen molar-refractivity contribution in [1.29, 1.82) is 0 Å². The molecule has 0 amide bonds. The number of benzene rings is 1. The molecule has 0 aliphatic heterocycles. The maximum absolute atomic E-state index is 6.38. The summed E-state index contributed by atoms with van der Waals surface area (Å²) in [5.41, 5.74) is 3.19. The highest BCUT2D eigenvalue weighted by Crippen LogP contribution is 2.33. The molecule has 17 heavy (non-hydrogen) atoms. The minimum absolute atomic E-state index is 0.256. The van der Waals surface area contributed by atoms with Crippen molar-refractivity contribution in [3.63, 3.8) is 0 Å². The Morgan fingerprint density at radius 2 is 1.88 bits per heavy atom. The Labute approximate surface area is 106 Å². The van der Waals surface area contributed by atoms with Crippen LogP contribution in [0.2, 0.25) is 0 Å². The Hall–Kier alpha value is -1.41. The van der Waals surface area contributed by atoms with E-state index < -0.39 is 0 Å². The van der Waals surface area contributed by atoms with E-state index in [0.29, 0.717) is 0 Å². The van der Waals surface area contributed by atoms with Crippen molar-refractivity contribution in [2.24, 2.45) is 0 Å². The van der Waals surface area contributed by atoms with Crippen LogP contribution in [-0.2, 0) is 0 Å². The summed E-state index contributed by atoms with van der Waals surface area (Å²) >= 11 is 6.38. The van der Waals surface area contributed by atoms with Gasteiger partial charge in [-0.3, -0.25) is 0 Å². The predicted molar refractivity (Wildman–Crippen MR) is 68.9 cm³/mol. The van der Waals surface area contributed by atoms with Gasteiger partial charge in [0, 0.05) is 0 Å². The van der Waals surface area contributed by atoms with Crippen molar-refractivity contribution in [3.8, 4) is 5.75 Å². The van der Waals surface area contributed by atoms with E-state index in [1.807, 2.05) is 38.1 Å². The standard InChI is InChI=1S/C14H15ClO2/c1-9-7-11(8-10(2)14(9)16-3)13(15)12-5-4-6-17-12/h4-8,13H,1-3H3. The molecule has 2 rings (SSSR count). The van der Waals surface area contributed by atoms with E-state index in [1.54, 1.807) is 13.4 Å². The average molecular weight is 251 g/mol. The van der Waals surface area contributed by atoms with Gasteiger partial charge in [-0.25, -0.2) is 0 Å². The van der Waals surface area contributed by atoms with E-state index in [1.165, 1.54) is 0 Å². The first-order chi connectivity index (χ1) is 8.13. The molecule has 1 aromatic heterocycles. The number of hydrogen-bond acceptors (Lipinski definition) is 2. The molecular weight excluding hydrogens is 236 g/mol. The molecule has 90 valence electrons. The summed E-state index contributed by atoms with van der Waals surface area (Å²) in [7, 11) is 1.68. The summed E-state index contributed by atoms with van der Waals surface area (Å²) in [4.78, 5) is 0. The van der Waals surface area contributed by atoms with Gasteiger partial charge in [-0.1, -0.05) is 12.1 Å². The number of rotatable bonds is 3. The SMILES string of the molecule is COc1c(C)cc(C(Cl)c2ccco2)cc1C. The fraction of sp³-hybridized carbons (Fsp3) is 0.286. The van der Waals surface area contributed by atoms with E-state index in [4.69, 9.17) is 20.8 Å². The Morgan fingerprint density at radius 3 is 2.35 bits per heavy atom. The molecule has 0 spiro atoms. The lowest BCUT2D eigenvalue weighted by Crippen LogP contribution is -1.97. The second-order valence-electron chi connectivity index (χ2n) is 4.07. The highest BCUT2D eigenvalue weighted by molar-refractivity contribution is 6.22. The van der Waals surface area contributed by atoms with Crippen LogP contribution in [0.4, 0.5) is 0 Å². The molecule has 1 atom stereocenters. The first-order valence-corrected chi connectivity index (χ1v) is 5.89. The molecule has 2 aromatic rings. The highest BCUT2D eigenvalue weighted by atomic mass is 35.5. The zero-order valence-electron chi connectivity index (χ0n) is 10.2. The highest BCUT2D eigenvalue weighted by Gasteiger charge is 2.16. The summed E-state index contributed by atoms with van der Waals surface area (Å²) in [6.45, 7) is 4.03. The number of aryl methyl sites for hydroxylation is 2. The quantitative estimate of drug-likeness (QED) is 0.761. The normalized spacial score (nSPS) is 12.5. The number of hydrogen-bond donors (Lipinski definition) is 0. The molecule has 0 saturated heterocycles. The molecule has 0 aliphatic rings. The number of alkyl halides is 1. The van der Waals surface area contributed by atoms with Crippen LogP contribution in [0.5, 0.6) is 5.75 Å². The van der Waals surface area contributed by atoms with Gasteiger partial charge in [0.15, 0.2) is 0 Å². The third kappa shape index (κ3) is 2.32. The van der Waals surface area contributed by atoms with E-state index in [0.717, 1.165) is 28.2 Å². The number of furan rings is 1. The van der Waals surface area contributed by atoms with Crippen LogP contribution in [0.1, 0.15) is 27.8 Å². The van der Waals surface area contributed by atoms with Gasteiger partial charge < -0.3 is 9.15 Å². The maximum atomic E-state index is 6.38. The Kier molecular flexibility index (Phi) is 3.43. The molecular formula is C14H15ClO2. The molecule has 1 aromatic carbocycles. The first-order valence-electron chi connectivity index (χ1n) is 5.46. The molecule has 0 fully saturated rings. The van der Waals surface area contributed by atoms with Gasteiger partial charge >= 0.3 is 0 Å². The molecule has 0 bridgehead atoms. The van der Waals surface area contributed by atoms with E-state index in [-0.39, 0.29) is 5.38 Å². The van der Waals surface area contributed by atoms with Crippen molar-refractivity contribution in [2.75, 3.05) is 7.11 Å². The van der Waals surface area contributed by atoms with Crippen LogP contribution in [-0.4, -0.2) is 7.11 Å². The van der Waals surface area contributed by atoms with E-state index >= 15 is 0 Å². The first kappa shape index (κ1) is 12.1. The molecule has 0 N–H and O–H groups in total. The zero-order chi connectivity index (χ0) is 12.4. The fourth-order valence-corrected chi connectivity index (χ4v) is 2.30. The smallest absolute Gasteiger partial charge is 0.126 e. The molecule has 1 unspecified atom stereocenters. The van der Waals surface area contributed by atoms with Crippen LogP contribution in [0, 0.1) is 13.8 Å². The maximum Gasteiger partial charge on any atom is 0.126 e. The predicted octanol–water partition coefficient (Wildman–Crippen LogP) is 4.23. The monoisotopic (exact) mass is 250 g/mol. The average Bonchev–Trinajstić information content (AvgIpc) is 2.81. The van der Waals surface area contributed by atoms with Crippen LogP contribution in [0.25, 0.3) is 0 Å². The van der Waals surface area contributed by atoms with Gasteiger partial charge in [-0.15, -0.1) is 11.6 Å². The number of halogens is 1. The van der Waals surface area contributed by atoms with Crippen molar-refractivity contribution >= 4 is 11.6 Å². The minimum atomic E-state index is -0.256. The Bertz CT molecular complexity index is 480. The Balaban J connectivity index is 2.40. The van der Waals surface area contributed by atoms with Crippen LogP contribution in [0.15, 0.2) is 34.9 Å². The summed E-state index contributed by atoms with van der Waals surface area (Å²) in [5.74, 6) is 1.67. The number of methoxy groups -OCH3 is 1. The molecule has 3 heteroatoms. The molecule has 2 nitrogen and oxygen atoms in total. The summed E-state index contributed by atoms with van der Waals surface area (Å²) < 4.78 is 10.7. The fourth-order valence-electron chi connectivity index (χ4n) is 2.05. The third-order valence-electron chi connectivity index (χ3n) is 2.77. The third-order valence-corrected chi connectivity index (χ3v) is 3.24. The van der Waals surface area contributed by atoms with Crippen molar-refractivity contribution in [2.45, 2.75) is 19.2 Å². The molecule has 0 saturated carbocycles. The molecule has 0 aliphatic carbocycles. The van der Waals surface area contributed by atoms with Crippen LogP contribution >= 0.6 is 11.6 Å². The van der Waals surface area contributed by atoms with E-state index in [2.05, 4.69) is 0 Å². The summed E-state index contributed by atoms with van der Waals surface area (Å²) in [5, 5.41) is -0.256. The summed E-state index contributed by atoms with van der Waals surface area (Å²) in [6, 6.07) is 7.79. The topological polar surface area (TPSA) is 22.4 Å². The van der Waals surface area contributed by atoms with Gasteiger partial charge in [0.1, 0.15) is 16.9 Å². The second-order valence-corrected chi connectivity index (χ2v) is 4.50. The number of ether oxygens (including phenoxy) is 1. The van der Waals surface area contributed by atoms with E-state index in [9.17, 15) is 0 Å². The lowest BCUT2D eigenvalue weighted by atomic mass is 10.0. The van der Waals surface area contributed by atoms with Gasteiger partial charge in [0.05, 0.1) is 13.4 Å². The second kappa shape index (κ2) is 4.84. The van der Waals surface area contributed by atoms with Crippen LogP contribution < -0.4 is 4.74 Å². The summed E-state index contributed by atoms with van der Waals surface area (Å²) in [6.07, 6.45) is 1.63. The van der Waals surface area contributed by atoms with Crippen molar-refractivity contribution < 1.29 is 9.15 Å². The Morgan fingerprint density at radius 1 is 1.24 bits per heavy atom. The van der Waals surface area contributed by atoms with Gasteiger partial charge in [-0.2, -0.15) is 0 Å². The van der Waals surface area contributed by atoms with Gasteiger partial charge in [0.25, 0.3) is 0 Å². The largest absolute Gasteiger partial charge is 0.496 e. The lowest BCUT2D eigenvalue weighted by molar-refractivity contribution is 0.408. The molecule has 1 heterocycles. The van der Waals surface area contributed by atoms with Crippen molar-refractivity contribution in [3.05, 3.63) is 53.0 Å². The van der Waals surface area contributed by atoms with Gasteiger partial charge in [0.2, 0.25) is 0 Å². The van der Waals surface area contributed by atoms with Crippen molar-refractivity contribution in [1.82, 2.24) is 0 Å². The van der Waals surface area contributed by atoms with Gasteiger partial charge in [-0.05, 0) is 42.7 Å². The zero-order valence-corrected chi connectivity index (χ0v) is 10.9. The lowest BCUT2D eigenvalue weighted by Gasteiger charge is -2.13.